The Morgan fingerprint density at radius 3 is 2.71 bits per heavy atom. The molecule has 1 unspecified atom stereocenters. The Hall–Kier alpha value is -1.42. The molecule has 0 bridgehead atoms. The molecule has 0 N–H and O–H groups in total. The molecule has 0 aromatic carbocycles. The van der Waals surface area contributed by atoms with Crippen molar-refractivity contribution in [2.24, 2.45) is 5.92 Å². The Morgan fingerprint density at radius 2 is 2.08 bits per heavy atom. The van der Waals surface area contributed by atoms with Crippen molar-refractivity contribution in [2.75, 3.05) is 11.5 Å². The van der Waals surface area contributed by atoms with Gasteiger partial charge in [0.1, 0.15) is 0 Å². The van der Waals surface area contributed by atoms with Crippen molar-refractivity contribution in [1.82, 2.24) is 20.3 Å². The maximum Gasteiger partial charge on any atom is 0.277 e. The van der Waals surface area contributed by atoms with Gasteiger partial charge in [-0.15, -0.1) is 10.2 Å². The molecular weight excluding hydrogens is 352 g/mol. The van der Waals surface area contributed by atoms with E-state index in [1.54, 1.807) is 0 Å². The van der Waals surface area contributed by atoms with Gasteiger partial charge in [0.2, 0.25) is 11.8 Å². The third-order valence-corrected chi connectivity index (χ3v) is 6.32. The molecule has 0 amide bonds. The number of rotatable bonds is 5. The minimum atomic E-state index is -2.89. The van der Waals surface area contributed by atoms with Gasteiger partial charge in [-0.25, -0.2) is 8.42 Å². The van der Waals surface area contributed by atoms with Crippen LogP contribution in [0.5, 0.6) is 0 Å². The number of sulfone groups is 1. The number of hydrogen-bond donors (Lipinski definition) is 0. The van der Waals surface area contributed by atoms with Crippen LogP contribution in [0, 0.1) is 5.92 Å². The van der Waals surface area contributed by atoms with Crippen molar-refractivity contribution in [1.29, 1.82) is 0 Å². The Kier molecular flexibility index (Phi) is 4.69. The molecule has 1 fully saturated rings. The van der Waals surface area contributed by atoms with Crippen molar-refractivity contribution < 1.29 is 17.4 Å². The summed E-state index contributed by atoms with van der Waals surface area (Å²) in [6, 6.07) is 0. The molecule has 132 valence electrons. The van der Waals surface area contributed by atoms with Crippen LogP contribution in [0.15, 0.2) is 14.2 Å². The van der Waals surface area contributed by atoms with Gasteiger partial charge in [-0.2, -0.15) is 4.98 Å². The first kappa shape index (κ1) is 17.4. The fraction of sp³-hybridized carbons (Fsp3) is 0.714. The third kappa shape index (κ3) is 4.35. The van der Waals surface area contributed by atoms with Crippen LogP contribution in [-0.2, 0) is 27.4 Å². The minimum Gasteiger partial charge on any atom is -0.416 e. The Morgan fingerprint density at radius 1 is 1.29 bits per heavy atom. The fourth-order valence-corrected chi connectivity index (χ4v) is 4.89. The highest BCUT2D eigenvalue weighted by Gasteiger charge is 2.29. The first-order valence-corrected chi connectivity index (χ1v) is 10.5. The van der Waals surface area contributed by atoms with Gasteiger partial charge < -0.3 is 8.94 Å². The van der Waals surface area contributed by atoms with E-state index in [9.17, 15) is 8.42 Å². The molecule has 0 radical (unpaired) electrons. The van der Waals surface area contributed by atoms with Crippen LogP contribution in [0.3, 0.4) is 0 Å². The van der Waals surface area contributed by atoms with E-state index < -0.39 is 9.84 Å². The number of aromatic nitrogens is 4. The fourth-order valence-electron chi connectivity index (χ4n) is 2.40. The summed E-state index contributed by atoms with van der Waals surface area (Å²) in [5.41, 5.74) is -0.185. The van der Waals surface area contributed by atoms with Crippen molar-refractivity contribution in [3.8, 4) is 0 Å². The van der Waals surface area contributed by atoms with Gasteiger partial charge in [0.05, 0.1) is 17.3 Å². The van der Waals surface area contributed by atoms with Gasteiger partial charge in [-0.1, -0.05) is 37.7 Å². The molecule has 0 spiro atoms. The molecule has 0 aliphatic carbocycles. The van der Waals surface area contributed by atoms with E-state index >= 15 is 0 Å². The van der Waals surface area contributed by atoms with Crippen LogP contribution in [-0.4, -0.2) is 40.3 Å². The highest BCUT2D eigenvalue weighted by Crippen LogP contribution is 2.26. The summed E-state index contributed by atoms with van der Waals surface area (Å²) in [6.45, 7) is 6.01. The molecule has 2 aromatic heterocycles. The minimum absolute atomic E-state index is 0.0693. The lowest BCUT2D eigenvalue weighted by Crippen LogP contribution is -2.11. The number of hydrogen-bond acceptors (Lipinski definition) is 9. The molecule has 0 saturated carbocycles. The smallest absolute Gasteiger partial charge is 0.277 e. The lowest BCUT2D eigenvalue weighted by Gasteiger charge is -2.10. The zero-order valence-electron chi connectivity index (χ0n) is 13.9. The second-order valence-corrected chi connectivity index (χ2v) is 10.1. The van der Waals surface area contributed by atoms with Gasteiger partial charge in [-0.3, -0.25) is 0 Å². The molecule has 2 aromatic rings. The zero-order valence-corrected chi connectivity index (χ0v) is 15.5. The summed E-state index contributed by atoms with van der Waals surface area (Å²) in [6.07, 6.45) is 1.16. The first-order chi connectivity index (χ1) is 11.2. The van der Waals surface area contributed by atoms with Crippen molar-refractivity contribution >= 4 is 21.6 Å². The lowest BCUT2D eigenvalue weighted by molar-refractivity contribution is 0.319. The zero-order chi connectivity index (χ0) is 17.4. The molecule has 1 aliphatic heterocycles. The van der Waals surface area contributed by atoms with Crippen LogP contribution in [0.4, 0.5) is 0 Å². The standard InChI is InChI=1S/C14H20N4O4S2/c1-14(2,3)12-15-10(18-22-12)7-23-13-17-16-11(21-13)6-9-4-5-24(19,20)8-9/h9H,4-8H2,1-3H3. The van der Waals surface area contributed by atoms with E-state index in [2.05, 4.69) is 20.3 Å². The lowest BCUT2D eigenvalue weighted by atomic mass is 9.97. The second-order valence-electron chi connectivity index (χ2n) is 6.99. The van der Waals surface area contributed by atoms with Crippen LogP contribution in [0.1, 0.15) is 44.8 Å². The van der Waals surface area contributed by atoms with E-state index in [0.717, 1.165) is 0 Å². The molecule has 8 nitrogen and oxygen atoms in total. The third-order valence-electron chi connectivity index (χ3n) is 3.67. The quantitative estimate of drug-likeness (QED) is 0.727. The van der Waals surface area contributed by atoms with E-state index in [1.165, 1.54) is 11.8 Å². The molecule has 3 heterocycles. The normalized spacial score (nSPS) is 20.5. The maximum absolute atomic E-state index is 11.5. The van der Waals surface area contributed by atoms with E-state index in [1.807, 2.05) is 20.8 Å². The Bertz CT molecular complexity index is 807. The van der Waals surface area contributed by atoms with E-state index in [-0.39, 0.29) is 22.8 Å². The van der Waals surface area contributed by atoms with Crippen LogP contribution in [0.2, 0.25) is 0 Å². The van der Waals surface area contributed by atoms with Gasteiger partial charge in [0, 0.05) is 11.8 Å². The summed E-state index contributed by atoms with van der Waals surface area (Å²) < 4.78 is 33.8. The molecule has 1 atom stereocenters. The predicted molar refractivity (Wildman–Crippen MR) is 87.3 cm³/mol. The number of nitrogens with zero attached hydrogens (tertiary/aromatic N) is 4. The molecule has 1 aliphatic rings. The molecule has 3 rings (SSSR count). The maximum atomic E-state index is 11.5. The summed E-state index contributed by atoms with van der Waals surface area (Å²) >= 11 is 1.33. The SMILES string of the molecule is CC(C)(C)c1nc(CSc2nnc(CC3CCS(=O)(=O)C3)o2)no1. The molecule has 24 heavy (non-hydrogen) atoms. The topological polar surface area (TPSA) is 112 Å². The highest BCUT2D eigenvalue weighted by atomic mass is 32.2. The Labute approximate surface area is 144 Å². The van der Waals surface area contributed by atoms with Crippen molar-refractivity contribution in [3.63, 3.8) is 0 Å². The molecular formula is C14H20N4O4S2. The monoisotopic (exact) mass is 372 g/mol. The van der Waals surface area contributed by atoms with Gasteiger partial charge >= 0.3 is 0 Å². The summed E-state index contributed by atoms with van der Waals surface area (Å²) in [4.78, 5) is 4.35. The van der Waals surface area contributed by atoms with Gasteiger partial charge in [0.15, 0.2) is 15.7 Å². The van der Waals surface area contributed by atoms with E-state index in [0.29, 0.717) is 41.4 Å². The van der Waals surface area contributed by atoms with Crippen LogP contribution < -0.4 is 0 Å². The van der Waals surface area contributed by atoms with Crippen LogP contribution >= 0.6 is 11.8 Å². The molecule has 1 saturated heterocycles. The van der Waals surface area contributed by atoms with Gasteiger partial charge in [-0.05, 0) is 12.3 Å². The first-order valence-electron chi connectivity index (χ1n) is 7.70. The second kappa shape index (κ2) is 6.47. The van der Waals surface area contributed by atoms with Crippen LogP contribution in [0.25, 0.3) is 0 Å². The molecule has 10 heteroatoms. The van der Waals surface area contributed by atoms with Gasteiger partial charge in [0.25, 0.3) is 5.22 Å². The van der Waals surface area contributed by atoms with Crippen molar-refractivity contribution in [3.05, 3.63) is 17.6 Å². The Balaban J connectivity index is 1.54. The highest BCUT2D eigenvalue weighted by molar-refractivity contribution is 7.98. The average molecular weight is 372 g/mol. The number of thioether (sulfide) groups is 1. The predicted octanol–water partition coefficient (Wildman–Crippen LogP) is 2.02. The largest absolute Gasteiger partial charge is 0.416 e. The summed E-state index contributed by atoms with van der Waals surface area (Å²) in [5, 5.41) is 12.3. The summed E-state index contributed by atoms with van der Waals surface area (Å²) in [7, 11) is -2.89. The average Bonchev–Trinajstić information content (AvgIpc) is 3.16. The summed E-state index contributed by atoms with van der Waals surface area (Å²) in [5.74, 6) is 2.64. The van der Waals surface area contributed by atoms with E-state index in [4.69, 9.17) is 8.94 Å². The van der Waals surface area contributed by atoms with Crippen molar-refractivity contribution in [2.45, 2.75) is 50.0 Å².